The molecule has 2 heterocycles. The van der Waals surface area contributed by atoms with Gasteiger partial charge in [-0.1, -0.05) is 19.8 Å². The molecular weight excluding hydrogens is 342 g/mol. The van der Waals surface area contributed by atoms with Crippen LogP contribution in [0.15, 0.2) is 36.5 Å². The van der Waals surface area contributed by atoms with Crippen LogP contribution in [0.1, 0.15) is 26.2 Å². The number of unbranched alkanes of at least 4 members (excludes halogenated alkanes) is 2. The highest BCUT2D eigenvalue weighted by Crippen LogP contribution is 2.33. The zero-order valence-electron chi connectivity index (χ0n) is 15.2. The summed E-state index contributed by atoms with van der Waals surface area (Å²) < 4.78 is 0. The first-order valence-electron chi connectivity index (χ1n) is 8.87. The van der Waals surface area contributed by atoms with Gasteiger partial charge in [0.25, 0.3) is 0 Å². The van der Waals surface area contributed by atoms with Gasteiger partial charge in [-0.3, -0.25) is 0 Å². The van der Waals surface area contributed by atoms with Crippen LogP contribution >= 0.6 is 0 Å². The second kappa shape index (κ2) is 8.31. The smallest absolute Gasteiger partial charge is 0.222 e. The van der Waals surface area contributed by atoms with Crippen LogP contribution in [0.25, 0.3) is 22.5 Å². The number of anilines is 3. The van der Waals surface area contributed by atoms with E-state index in [2.05, 4.69) is 32.2 Å². The number of rotatable bonds is 7. The molecule has 0 radical (unpaired) electrons. The molecule has 3 aromatic rings. The van der Waals surface area contributed by atoms with Crippen molar-refractivity contribution in [1.82, 2.24) is 19.9 Å². The Hall–Kier alpha value is -3.42. The van der Waals surface area contributed by atoms with Gasteiger partial charge in [0.15, 0.2) is 0 Å². The van der Waals surface area contributed by atoms with E-state index in [4.69, 9.17) is 11.5 Å². The Kier molecular flexibility index (Phi) is 5.65. The predicted molar refractivity (Wildman–Crippen MR) is 107 cm³/mol. The minimum absolute atomic E-state index is 0.0933. The number of phenolic OH excluding ortho intramolecular Hbond substituents is 1. The van der Waals surface area contributed by atoms with Gasteiger partial charge >= 0.3 is 0 Å². The maximum absolute atomic E-state index is 10.3. The van der Waals surface area contributed by atoms with Crippen LogP contribution in [-0.2, 0) is 0 Å². The van der Waals surface area contributed by atoms with Gasteiger partial charge in [-0.05, 0) is 30.7 Å². The number of hydrogen-bond acceptors (Lipinski definition) is 8. The average molecular weight is 365 g/mol. The van der Waals surface area contributed by atoms with Gasteiger partial charge in [0.1, 0.15) is 11.6 Å². The molecule has 8 nitrogen and oxygen atoms in total. The SMILES string of the molecule is CCCCCNc1cc(-c2cc(-c3ccnc(N)n3)ccc2O)nc(N)n1. The van der Waals surface area contributed by atoms with Gasteiger partial charge in [0, 0.05) is 29.9 Å². The van der Waals surface area contributed by atoms with Gasteiger partial charge < -0.3 is 21.9 Å². The third kappa shape index (κ3) is 4.60. The van der Waals surface area contributed by atoms with Crippen LogP contribution in [0, 0.1) is 0 Å². The monoisotopic (exact) mass is 365 g/mol. The molecule has 0 atom stereocenters. The fraction of sp³-hybridized carbons (Fsp3) is 0.263. The van der Waals surface area contributed by atoms with Crippen molar-refractivity contribution >= 4 is 17.7 Å². The molecule has 0 aliphatic heterocycles. The van der Waals surface area contributed by atoms with Crippen molar-refractivity contribution in [2.24, 2.45) is 0 Å². The number of nitrogens with one attached hydrogen (secondary N) is 1. The number of aromatic hydroxyl groups is 1. The second-order valence-corrected chi connectivity index (χ2v) is 6.16. The van der Waals surface area contributed by atoms with Crippen molar-refractivity contribution in [1.29, 1.82) is 0 Å². The number of nitrogens with two attached hydrogens (primary N) is 2. The summed E-state index contributed by atoms with van der Waals surface area (Å²) in [6, 6.07) is 8.67. The quantitative estimate of drug-likeness (QED) is 0.469. The lowest BCUT2D eigenvalue weighted by Gasteiger charge is -2.11. The van der Waals surface area contributed by atoms with Crippen molar-refractivity contribution in [3.63, 3.8) is 0 Å². The molecule has 0 fully saturated rings. The zero-order valence-corrected chi connectivity index (χ0v) is 15.2. The van der Waals surface area contributed by atoms with Gasteiger partial charge in [0.2, 0.25) is 11.9 Å². The van der Waals surface area contributed by atoms with Crippen LogP contribution < -0.4 is 16.8 Å². The zero-order chi connectivity index (χ0) is 19.2. The van der Waals surface area contributed by atoms with Gasteiger partial charge in [-0.15, -0.1) is 0 Å². The van der Waals surface area contributed by atoms with E-state index >= 15 is 0 Å². The lowest BCUT2D eigenvalue weighted by Crippen LogP contribution is -2.06. The molecule has 8 heteroatoms. The minimum atomic E-state index is 0.0933. The van der Waals surface area contributed by atoms with Crippen molar-refractivity contribution in [2.45, 2.75) is 26.2 Å². The molecule has 0 amide bonds. The molecule has 0 unspecified atom stereocenters. The largest absolute Gasteiger partial charge is 0.507 e. The fourth-order valence-electron chi connectivity index (χ4n) is 2.72. The summed E-state index contributed by atoms with van der Waals surface area (Å²) in [4.78, 5) is 16.6. The topological polar surface area (TPSA) is 136 Å². The highest BCUT2D eigenvalue weighted by molar-refractivity contribution is 5.76. The summed E-state index contributed by atoms with van der Waals surface area (Å²) in [6.07, 6.45) is 4.93. The summed E-state index contributed by atoms with van der Waals surface area (Å²) in [5.41, 5.74) is 14.0. The number of nitrogen functional groups attached to an aromatic ring is 2. The van der Waals surface area contributed by atoms with E-state index in [0.717, 1.165) is 31.4 Å². The first-order valence-corrected chi connectivity index (χ1v) is 8.87. The van der Waals surface area contributed by atoms with Crippen molar-refractivity contribution in [3.05, 3.63) is 36.5 Å². The lowest BCUT2D eigenvalue weighted by molar-refractivity contribution is 0.477. The van der Waals surface area contributed by atoms with Crippen LogP contribution in [0.2, 0.25) is 0 Å². The molecule has 0 aliphatic rings. The molecule has 2 aromatic heterocycles. The third-order valence-corrected chi connectivity index (χ3v) is 4.07. The molecule has 0 saturated carbocycles. The summed E-state index contributed by atoms with van der Waals surface area (Å²) in [5.74, 6) is 1.05. The molecule has 3 rings (SSSR count). The Bertz CT molecular complexity index is 930. The molecule has 140 valence electrons. The Morgan fingerprint density at radius 2 is 1.78 bits per heavy atom. The maximum Gasteiger partial charge on any atom is 0.222 e. The summed E-state index contributed by atoms with van der Waals surface area (Å²) in [6.45, 7) is 2.96. The van der Waals surface area contributed by atoms with Crippen LogP contribution in [0.5, 0.6) is 5.75 Å². The number of aromatic nitrogens is 4. The van der Waals surface area contributed by atoms with Crippen LogP contribution in [0.4, 0.5) is 17.7 Å². The lowest BCUT2D eigenvalue weighted by atomic mass is 10.0. The number of hydrogen-bond donors (Lipinski definition) is 4. The average Bonchev–Trinajstić information content (AvgIpc) is 2.65. The van der Waals surface area contributed by atoms with E-state index < -0.39 is 0 Å². The Labute approximate surface area is 157 Å². The number of phenols is 1. The van der Waals surface area contributed by atoms with E-state index in [1.807, 2.05) is 0 Å². The van der Waals surface area contributed by atoms with Gasteiger partial charge in [0.05, 0.1) is 11.4 Å². The molecule has 0 saturated heterocycles. The summed E-state index contributed by atoms with van der Waals surface area (Å²) >= 11 is 0. The van der Waals surface area contributed by atoms with E-state index in [1.165, 1.54) is 0 Å². The Morgan fingerprint density at radius 1 is 0.963 bits per heavy atom. The van der Waals surface area contributed by atoms with Crippen LogP contribution in [-0.4, -0.2) is 31.6 Å². The second-order valence-electron chi connectivity index (χ2n) is 6.16. The van der Waals surface area contributed by atoms with E-state index in [1.54, 1.807) is 36.5 Å². The van der Waals surface area contributed by atoms with Crippen molar-refractivity contribution < 1.29 is 5.11 Å². The first kappa shape index (κ1) is 18.4. The van der Waals surface area contributed by atoms with Crippen molar-refractivity contribution in [2.75, 3.05) is 23.3 Å². The number of benzene rings is 1. The summed E-state index contributed by atoms with van der Waals surface area (Å²) in [5, 5.41) is 13.6. The van der Waals surface area contributed by atoms with Crippen molar-refractivity contribution in [3.8, 4) is 28.3 Å². The van der Waals surface area contributed by atoms with E-state index in [-0.39, 0.29) is 17.6 Å². The standard InChI is InChI=1S/C19H23N7O/c1-2-3-4-8-22-17-11-15(25-19(21)26-17)13-10-12(5-6-16(13)27)14-7-9-23-18(20)24-14/h5-7,9-11,27H,2-4,8H2,1H3,(H2,20,23,24)(H3,21,22,25,26). The summed E-state index contributed by atoms with van der Waals surface area (Å²) in [7, 11) is 0. The minimum Gasteiger partial charge on any atom is -0.507 e. The molecule has 0 aliphatic carbocycles. The Morgan fingerprint density at radius 3 is 2.56 bits per heavy atom. The molecule has 6 N–H and O–H groups in total. The van der Waals surface area contributed by atoms with E-state index in [9.17, 15) is 5.11 Å². The molecule has 1 aromatic carbocycles. The molecule has 0 bridgehead atoms. The molecular formula is C19H23N7O. The first-order chi connectivity index (χ1) is 13.1. The normalized spacial score (nSPS) is 10.7. The van der Waals surface area contributed by atoms with E-state index in [0.29, 0.717) is 22.8 Å². The maximum atomic E-state index is 10.3. The van der Waals surface area contributed by atoms with Gasteiger partial charge in [-0.25, -0.2) is 15.0 Å². The fourth-order valence-corrected chi connectivity index (χ4v) is 2.72. The predicted octanol–water partition coefficient (Wildman–Crippen LogP) is 3.07. The van der Waals surface area contributed by atoms with Gasteiger partial charge in [-0.2, -0.15) is 4.98 Å². The molecule has 0 spiro atoms. The molecule has 27 heavy (non-hydrogen) atoms. The third-order valence-electron chi connectivity index (χ3n) is 4.07. The number of nitrogens with zero attached hydrogens (tertiary/aromatic N) is 4. The van der Waals surface area contributed by atoms with Crippen LogP contribution in [0.3, 0.4) is 0 Å². The highest BCUT2D eigenvalue weighted by atomic mass is 16.3. The highest BCUT2D eigenvalue weighted by Gasteiger charge is 2.12. The Balaban J connectivity index is 1.93.